The highest BCUT2D eigenvalue weighted by Crippen LogP contribution is 2.36. The lowest BCUT2D eigenvalue weighted by atomic mass is 9.92. The number of hydrogen-bond donors (Lipinski definition) is 3. The number of sulfonamides is 1. The number of anilines is 1. The number of piperidine rings is 1. The zero-order chi connectivity index (χ0) is 25.2. The number of carboxylic acids is 1. The molecule has 3 heterocycles. The second-order valence-corrected chi connectivity index (χ2v) is 11.0. The average molecular weight is 505 g/mol. The number of rotatable bonds is 8. The van der Waals surface area contributed by atoms with E-state index < -0.39 is 34.0 Å². The molecule has 11 heteroatoms. The number of carboxylic acid groups (broad SMARTS) is 1. The molecule has 1 aromatic rings. The van der Waals surface area contributed by atoms with Gasteiger partial charge in [-0.05, 0) is 56.4 Å². The van der Waals surface area contributed by atoms with Crippen molar-refractivity contribution in [1.82, 2.24) is 14.6 Å². The van der Waals surface area contributed by atoms with Crippen LogP contribution >= 0.6 is 0 Å². The van der Waals surface area contributed by atoms with Crippen LogP contribution < -0.4 is 10.6 Å². The first-order valence-electron chi connectivity index (χ1n) is 12.1. The molecule has 2 aliphatic heterocycles. The van der Waals surface area contributed by atoms with E-state index in [1.807, 2.05) is 13.0 Å². The Kier molecular flexibility index (Phi) is 7.46. The van der Waals surface area contributed by atoms with Crippen molar-refractivity contribution in [3.05, 3.63) is 46.3 Å². The summed E-state index contributed by atoms with van der Waals surface area (Å²) < 4.78 is 34.1. The number of aryl methyl sites for hydroxylation is 1. The van der Waals surface area contributed by atoms with Gasteiger partial charge in [-0.15, -0.1) is 0 Å². The van der Waals surface area contributed by atoms with Gasteiger partial charge < -0.3 is 20.5 Å². The van der Waals surface area contributed by atoms with Crippen molar-refractivity contribution in [3.8, 4) is 0 Å². The molecule has 0 aromatic carbocycles. The Morgan fingerprint density at radius 3 is 2.63 bits per heavy atom. The third-order valence-electron chi connectivity index (χ3n) is 6.77. The zero-order valence-electron chi connectivity index (χ0n) is 20.0. The van der Waals surface area contributed by atoms with E-state index in [4.69, 9.17) is 4.74 Å². The monoisotopic (exact) mass is 504 g/mol. The number of carbonyl (C=O) groups excluding carboxylic acids is 1. The molecule has 2 unspecified atom stereocenters. The van der Waals surface area contributed by atoms with Crippen LogP contribution in [0.3, 0.4) is 0 Å². The molecule has 0 spiro atoms. The van der Waals surface area contributed by atoms with Crippen molar-refractivity contribution in [2.24, 2.45) is 11.8 Å². The number of nitrogens with zero attached hydrogens (tertiary/aromatic N) is 2. The Morgan fingerprint density at radius 1 is 1.23 bits per heavy atom. The quantitative estimate of drug-likeness (QED) is 0.491. The molecule has 4 rings (SSSR count). The first-order chi connectivity index (χ1) is 16.8. The number of carbonyl (C=O) groups is 2. The Labute approximate surface area is 205 Å². The van der Waals surface area contributed by atoms with Gasteiger partial charge in [0.1, 0.15) is 11.9 Å². The second kappa shape index (κ2) is 10.4. The van der Waals surface area contributed by atoms with E-state index in [0.717, 1.165) is 18.4 Å². The maximum absolute atomic E-state index is 13.4. The second-order valence-electron chi connectivity index (χ2n) is 9.00. The van der Waals surface area contributed by atoms with Crippen LogP contribution in [-0.2, 0) is 26.0 Å². The van der Waals surface area contributed by atoms with Crippen molar-refractivity contribution < 1.29 is 27.9 Å². The predicted molar refractivity (Wildman–Crippen MR) is 130 cm³/mol. The normalized spacial score (nSPS) is 23.4. The molecule has 0 saturated carbocycles. The van der Waals surface area contributed by atoms with Crippen LogP contribution in [0.25, 0.3) is 0 Å². The lowest BCUT2D eigenvalue weighted by molar-refractivity contribution is -0.142. The van der Waals surface area contributed by atoms with Gasteiger partial charge in [-0.2, -0.15) is 4.31 Å². The number of allylic oxidation sites excluding steroid dienone is 3. The summed E-state index contributed by atoms with van der Waals surface area (Å²) in [5, 5.41) is 15.6. The Bertz CT molecular complexity index is 1150. The smallest absolute Gasteiger partial charge is 0.306 e. The SMILES string of the molecule is CCCc1ccnc2c1NC(C1CC(S(=O)(=O)N3CCC(C(=O)O)CC3)=CC=C1OCC)NC2=O. The summed E-state index contributed by atoms with van der Waals surface area (Å²) in [6.07, 6.45) is 6.66. The van der Waals surface area contributed by atoms with Gasteiger partial charge in [-0.1, -0.05) is 13.3 Å². The first kappa shape index (κ1) is 25.2. The van der Waals surface area contributed by atoms with Crippen molar-refractivity contribution >= 4 is 27.6 Å². The molecule has 1 amide bonds. The van der Waals surface area contributed by atoms with Gasteiger partial charge in [-0.25, -0.2) is 13.4 Å². The van der Waals surface area contributed by atoms with Crippen LogP contribution in [0.5, 0.6) is 0 Å². The summed E-state index contributed by atoms with van der Waals surface area (Å²) in [4.78, 5) is 28.6. The fraction of sp³-hybridized carbons (Fsp3) is 0.542. The molecule has 1 aromatic heterocycles. The lowest BCUT2D eigenvalue weighted by Gasteiger charge is -2.37. The van der Waals surface area contributed by atoms with Crippen LogP contribution in [0, 0.1) is 11.8 Å². The summed E-state index contributed by atoms with van der Waals surface area (Å²) in [6, 6.07) is 1.89. The largest absolute Gasteiger partial charge is 0.498 e. The van der Waals surface area contributed by atoms with Crippen molar-refractivity contribution in [1.29, 1.82) is 0 Å². The minimum Gasteiger partial charge on any atom is -0.498 e. The number of aliphatic carboxylic acids is 1. The van der Waals surface area contributed by atoms with E-state index in [0.29, 0.717) is 23.7 Å². The fourth-order valence-electron chi connectivity index (χ4n) is 4.90. The molecule has 10 nitrogen and oxygen atoms in total. The van der Waals surface area contributed by atoms with Crippen LogP contribution in [0.2, 0.25) is 0 Å². The topological polar surface area (TPSA) is 138 Å². The van der Waals surface area contributed by atoms with Gasteiger partial charge in [0.2, 0.25) is 10.0 Å². The van der Waals surface area contributed by atoms with E-state index in [9.17, 15) is 23.1 Å². The average Bonchev–Trinajstić information content (AvgIpc) is 2.85. The lowest BCUT2D eigenvalue weighted by Crippen LogP contribution is -2.51. The van der Waals surface area contributed by atoms with Crippen LogP contribution in [-0.4, -0.2) is 60.6 Å². The summed E-state index contributed by atoms with van der Waals surface area (Å²) in [7, 11) is -3.79. The number of hydrogen-bond acceptors (Lipinski definition) is 7. The Morgan fingerprint density at radius 2 is 1.97 bits per heavy atom. The highest BCUT2D eigenvalue weighted by atomic mass is 32.2. The molecule has 1 saturated heterocycles. The number of fused-ring (bicyclic) bond motifs is 1. The van der Waals surface area contributed by atoms with E-state index in [-0.39, 0.29) is 43.2 Å². The highest BCUT2D eigenvalue weighted by Gasteiger charge is 2.40. The van der Waals surface area contributed by atoms with E-state index in [1.165, 1.54) is 4.31 Å². The van der Waals surface area contributed by atoms with Crippen LogP contribution in [0.15, 0.2) is 35.1 Å². The molecule has 1 aliphatic carbocycles. The predicted octanol–water partition coefficient (Wildman–Crippen LogP) is 2.47. The van der Waals surface area contributed by atoms with Crippen molar-refractivity contribution in [3.63, 3.8) is 0 Å². The Hall–Kier alpha value is -2.92. The zero-order valence-corrected chi connectivity index (χ0v) is 20.8. The van der Waals surface area contributed by atoms with Gasteiger partial charge >= 0.3 is 5.97 Å². The standard InChI is InChI=1S/C24H32N4O6S/c1-3-5-15-8-11-25-21-20(15)26-22(27-23(21)29)18-14-17(6-7-19(18)34-4-2)35(32,33)28-12-9-16(10-13-28)24(30)31/h6-8,11,16,18,22,26H,3-5,9-10,12-14H2,1-2H3,(H,27,29)(H,30,31). The number of aromatic nitrogens is 1. The first-order valence-corrected chi connectivity index (χ1v) is 13.5. The van der Waals surface area contributed by atoms with Crippen LogP contribution in [0.1, 0.15) is 55.6 Å². The molecule has 1 fully saturated rings. The minimum absolute atomic E-state index is 0.143. The van der Waals surface area contributed by atoms with Gasteiger partial charge in [0.25, 0.3) is 5.91 Å². The minimum atomic E-state index is -3.79. The maximum atomic E-state index is 13.4. The molecule has 35 heavy (non-hydrogen) atoms. The summed E-state index contributed by atoms with van der Waals surface area (Å²) in [6.45, 7) is 4.65. The number of ether oxygens (including phenoxy) is 1. The molecule has 3 N–H and O–H groups in total. The molecule has 2 atom stereocenters. The van der Waals surface area contributed by atoms with E-state index in [2.05, 4.69) is 22.5 Å². The van der Waals surface area contributed by atoms with Gasteiger partial charge in [0.15, 0.2) is 5.69 Å². The number of nitrogens with one attached hydrogen (secondary N) is 2. The molecule has 0 bridgehead atoms. The summed E-state index contributed by atoms with van der Waals surface area (Å²) >= 11 is 0. The van der Waals surface area contributed by atoms with Gasteiger partial charge in [0.05, 0.1) is 29.0 Å². The highest BCUT2D eigenvalue weighted by molar-refractivity contribution is 7.93. The Balaban J connectivity index is 1.59. The van der Waals surface area contributed by atoms with Crippen LogP contribution in [0.4, 0.5) is 5.69 Å². The molecule has 190 valence electrons. The molecular weight excluding hydrogens is 472 g/mol. The van der Waals surface area contributed by atoms with Gasteiger partial charge in [-0.3, -0.25) is 9.59 Å². The van der Waals surface area contributed by atoms with E-state index >= 15 is 0 Å². The fourth-order valence-corrected chi connectivity index (χ4v) is 6.56. The van der Waals surface area contributed by atoms with Crippen molar-refractivity contribution in [2.75, 3.05) is 25.0 Å². The van der Waals surface area contributed by atoms with Crippen molar-refractivity contribution in [2.45, 2.75) is 52.1 Å². The molecule has 0 radical (unpaired) electrons. The summed E-state index contributed by atoms with van der Waals surface area (Å²) in [5.74, 6) is -1.58. The number of amides is 1. The third kappa shape index (κ3) is 5.06. The summed E-state index contributed by atoms with van der Waals surface area (Å²) in [5.41, 5.74) is 1.99. The molecular formula is C24H32N4O6S. The van der Waals surface area contributed by atoms with E-state index in [1.54, 1.807) is 18.3 Å². The third-order valence-corrected chi connectivity index (χ3v) is 8.78. The number of pyridine rings is 1. The molecule has 3 aliphatic rings. The maximum Gasteiger partial charge on any atom is 0.306 e. The van der Waals surface area contributed by atoms with Gasteiger partial charge in [0, 0.05) is 19.3 Å².